The molecule has 2 N–H and O–H groups in total. The highest BCUT2D eigenvalue weighted by atomic mass is 32.1. The van der Waals surface area contributed by atoms with Crippen LogP contribution in [0, 0.1) is 12.8 Å². The molecule has 1 saturated heterocycles. The predicted molar refractivity (Wildman–Crippen MR) is 123 cm³/mol. The summed E-state index contributed by atoms with van der Waals surface area (Å²) in [5.74, 6) is -2.43. The normalized spacial score (nSPS) is 13.8. The zero-order valence-corrected chi connectivity index (χ0v) is 19.3. The van der Waals surface area contributed by atoms with Crippen LogP contribution in [0.25, 0.3) is 0 Å². The van der Waals surface area contributed by atoms with Gasteiger partial charge < -0.3 is 24.8 Å². The lowest BCUT2D eigenvalue weighted by Crippen LogP contribution is -2.28. The number of hydrogen-bond acceptors (Lipinski definition) is 8. The summed E-state index contributed by atoms with van der Waals surface area (Å²) in [6.07, 6.45) is 1.11. The van der Waals surface area contributed by atoms with Crippen LogP contribution in [0.2, 0.25) is 0 Å². The maximum Gasteiger partial charge on any atom is 0.341 e. The second-order valence-electron chi connectivity index (χ2n) is 7.34. The molecule has 1 aromatic carbocycles. The van der Waals surface area contributed by atoms with Gasteiger partial charge in [0.1, 0.15) is 5.00 Å². The van der Waals surface area contributed by atoms with Gasteiger partial charge in [-0.2, -0.15) is 0 Å². The second kappa shape index (κ2) is 11.6. The molecule has 0 spiro atoms. The molecule has 0 atom stereocenters. The number of nitrogens with one attached hydrogen (secondary N) is 2. The zero-order valence-electron chi connectivity index (χ0n) is 18.5. The van der Waals surface area contributed by atoms with E-state index in [9.17, 15) is 19.2 Å². The molecule has 0 bridgehead atoms. The van der Waals surface area contributed by atoms with E-state index < -0.39 is 30.4 Å². The zero-order chi connectivity index (χ0) is 23.8. The summed E-state index contributed by atoms with van der Waals surface area (Å²) in [4.78, 5) is 50.2. The molecular weight excluding hydrogens is 448 g/mol. The van der Waals surface area contributed by atoms with Crippen LogP contribution in [0.1, 0.15) is 45.4 Å². The Balaban J connectivity index is 1.73. The number of anilines is 2. The molecular formula is C23H26N2O7S. The second-order valence-corrected chi connectivity index (χ2v) is 8.36. The highest BCUT2D eigenvalue weighted by Gasteiger charge is 2.28. The standard InChI is InChI=1S/C23H26N2O7S/c1-3-31-23(29)18-14(2)19(20(27)24-16-7-5-4-6-8-16)33-21(18)25-17(26)13-32-22(28)15-9-11-30-12-10-15/h4-8,15H,3,9-13H2,1-2H3,(H,24,27)(H,25,26). The van der Waals surface area contributed by atoms with Crippen molar-refractivity contribution >= 4 is 45.8 Å². The lowest BCUT2D eigenvalue weighted by Gasteiger charge is -2.20. The molecule has 33 heavy (non-hydrogen) atoms. The fourth-order valence-electron chi connectivity index (χ4n) is 3.33. The van der Waals surface area contributed by atoms with Crippen molar-refractivity contribution in [3.63, 3.8) is 0 Å². The van der Waals surface area contributed by atoms with Gasteiger partial charge in [-0.25, -0.2) is 4.79 Å². The number of carbonyl (C=O) groups is 4. The van der Waals surface area contributed by atoms with Gasteiger partial charge in [-0.15, -0.1) is 11.3 Å². The number of ether oxygens (including phenoxy) is 3. The minimum absolute atomic E-state index is 0.101. The maximum atomic E-state index is 12.8. The Bertz CT molecular complexity index is 1010. The monoisotopic (exact) mass is 474 g/mol. The van der Waals surface area contributed by atoms with Gasteiger partial charge in [-0.05, 0) is 44.4 Å². The SMILES string of the molecule is CCOC(=O)c1c(NC(=O)COC(=O)C2CCOCC2)sc(C(=O)Nc2ccccc2)c1C. The molecule has 9 nitrogen and oxygen atoms in total. The molecule has 1 fully saturated rings. The lowest BCUT2D eigenvalue weighted by molar-refractivity contribution is -0.154. The van der Waals surface area contributed by atoms with Gasteiger partial charge in [0.2, 0.25) is 0 Å². The van der Waals surface area contributed by atoms with Crippen LogP contribution in [-0.2, 0) is 23.8 Å². The molecule has 0 saturated carbocycles. The summed E-state index contributed by atoms with van der Waals surface area (Å²) in [6, 6.07) is 8.88. The van der Waals surface area contributed by atoms with E-state index in [0.717, 1.165) is 11.3 Å². The molecule has 176 valence electrons. The summed E-state index contributed by atoms with van der Waals surface area (Å²) in [6.45, 7) is 3.88. The fraction of sp³-hybridized carbons (Fsp3) is 0.391. The van der Waals surface area contributed by atoms with E-state index >= 15 is 0 Å². The minimum Gasteiger partial charge on any atom is -0.462 e. The summed E-state index contributed by atoms with van der Waals surface area (Å²) in [5, 5.41) is 5.52. The number of hydrogen-bond donors (Lipinski definition) is 2. The van der Waals surface area contributed by atoms with Crippen molar-refractivity contribution < 1.29 is 33.4 Å². The average molecular weight is 475 g/mol. The fourth-order valence-corrected chi connectivity index (χ4v) is 4.43. The molecule has 10 heteroatoms. The van der Waals surface area contributed by atoms with Crippen molar-refractivity contribution in [2.24, 2.45) is 5.92 Å². The first kappa shape index (κ1) is 24.4. The number of para-hydroxylation sites is 1. The van der Waals surface area contributed by atoms with Crippen molar-refractivity contribution in [2.45, 2.75) is 26.7 Å². The highest BCUT2D eigenvalue weighted by Crippen LogP contribution is 2.34. The van der Waals surface area contributed by atoms with Crippen LogP contribution >= 0.6 is 11.3 Å². The van der Waals surface area contributed by atoms with E-state index in [4.69, 9.17) is 14.2 Å². The number of amides is 2. The van der Waals surface area contributed by atoms with Crippen LogP contribution < -0.4 is 10.6 Å². The summed E-state index contributed by atoms with van der Waals surface area (Å²) >= 11 is 0.956. The molecule has 1 aliphatic rings. The van der Waals surface area contributed by atoms with Crippen LogP contribution in [0.3, 0.4) is 0 Å². The molecule has 1 aromatic heterocycles. The van der Waals surface area contributed by atoms with Crippen molar-refractivity contribution in [3.05, 3.63) is 46.3 Å². The van der Waals surface area contributed by atoms with Gasteiger partial charge in [0.05, 0.1) is 23.0 Å². The number of carbonyl (C=O) groups excluding carboxylic acids is 4. The van der Waals surface area contributed by atoms with Crippen LogP contribution in [0.5, 0.6) is 0 Å². The predicted octanol–water partition coefficient (Wildman–Crippen LogP) is 3.39. The van der Waals surface area contributed by atoms with Gasteiger partial charge in [0.15, 0.2) is 6.61 Å². The molecule has 0 unspecified atom stereocenters. The third kappa shape index (κ3) is 6.39. The van der Waals surface area contributed by atoms with Crippen molar-refractivity contribution in [2.75, 3.05) is 37.1 Å². The number of esters is 2. The van der Waals surface area contributed by atoms with E-state index in [-0.39, 0.29) is 28.0 Å². The molecule has 3 rings (SSSR count). The third-order valence-corrected chi connectivity index (χ3v) is 6.22. The maximum absolute atomic E-state index is 12.8. The Hall–Kier alpha value is -3.24. The van der Waals surface area contributed by atoms with Gasteiger partial charge in [-0.3, -0.25) is 14.4 Å². The topological polar surface area (TPSA) is 120 Å². The Morgan fingerprint density at radius 3 is 2.42 bits per heavy atom. The van der Waals surface area contributed by atoms with Crippen LogP contribution in [0.4, 0.5) is 10.7 Å². The minimum atomic E-state index is -0.653. The average Bonchev–Trinajstić information content (AvgIpc) is 3.14. The summed E-state index contributed by atoms with van der Waals surface area (Å²) in [7, 11) is 0. The van der Waals surface area contributed by atoms with Crippen molar-refractivity contribution in [1.82, 2.24) is 0 Å². The van der Waals surface area contributed by atoms with E-state index in [2.05, 4.69) is 10.6 Å². The van der Waals surface area contributed by atoms with Gasteiger partial charge in [0, 0.05) is 18.9 Å². The molecule has 0 aliphatic carbocycles. The van der Waals surface area contributed by atoms with E-state index in [1.807, 2.05) is 6.07 Å². The Morgan fingerprint density at radius 2 is 1.76 bits per heavy atom. The first-order chi connectivity index (χ1) is 15.9. The van der Waals surface area contributed by atoms with Crippen molar-refractivity contribution in [1.29, 1.82) is 0 Å². The quantitative estimate of drug-likeness (QED) is 0.563. The van der Waals surface area contributed by atoms with Gasteiger partial charge in [0.25, 0.3) is 11.8 Å². The summed E-state index contributed by atoms with van der Waals surface area (Å²) in [5.41, 5.74) is 1.09. The highest BCUT2D eigenvalue weighted by molar-refractivity contribution is 7.19. The van der Waals surface area contributed by atoms with Crippen molar-refractivity contribution in [3.8, 4) is 0 Å². The largest absolute Gasteiger partial charge is 0.462 e. The molecule has 2 amide bonds. The molecule has 2 aromatic rings. The van der Waals surface area contributed by atoms with E-state index in [1.54, 1.807) is 38.1 Å². The lowest BCUT2D eigenvalue weighted by atomic mass is 10.0. The molecule has 0 radical (unpaired) electrons. The Labute approximate surface area is 195 Å². The molecule has 2 heterocycles. The molecule has 1 aliphatic heterocycles. The Kier molecular flexibility index (Phi) is 8.56. The third-order valence-electron chi connectivity index (χ3n) is 5.02. The number of thiophene rings is 1. The van der Waals surface area contributed by atoms with Gasteiger partial charge >= 0.3 is 11.9 Å². The smallest absolute Gasteiger partial charge is 0.341 e. The van der Waals surface area contributed by atoms with Crippen LogP contribution in [0.15, 0.2) is 30.3 Å². The number of benzene rings is 1. The van der Waals surface area contributed by atoms with Gasteiger partial charge in [-0.1, -0.05) is 18.2 Å². The van der Waals surface area contributed by atoms with E-state index in [0.29, 0.717) is 37.3 Å². The first-order valence-electron chi connectivity index (χ1n) is 10.6. The first-order valence-corrected chi connectivity index (χ1v) is 11.4. The van der Waals surface area contributed by atoms with E-state index in [1.165, 1.54) is 0 Å². The Morgan fingerprint density at radius 1 is 1.06 bits per heavy atom. The summed E-state index contributed by atoms with van der Waals surface area (Å²) < 4.78 is 15.5. The van der Waals surface area contributed by atoms with Crippen LogP contribution in [-0.4, -0.2) is 50.2 Å². The number of rotatable bonds is 8.